The molecule has 1 rings (SSSR count). The third-order valence-electron chi connectivity index (χ3n) is 7.26. The maximum atomic E-state index is 11.6. The molecule has 0 aliphatic rings. The molecule has 0 saturated carbocycles. The zero-order chi connectivity index (χ0) is 28.6. The highest BCUT2D eigenvalue weighted by molar-refractivity contribution is 6.77. The van der Waals surface area contributed by atoms with Crippen LogP contribution in [0.3, 0.4) is 0 Å². The monoisotopic (exact) mass is 550 g/mol. The molecule has 0 heterocycles. The van der Waals surface area contributed by atoms with E-state index in [9.17, 15) is 15.0 Å². The number of ether oxygens (including phenoxy) is 2. The standard InChI is InChI=1S/C31H54O6Si/c1-24(2)38(25(3)4,26(5)6)36-23-30(34)18-11-12-19-31(37-27(7)32)21-29(33)17-13-14-20-35-22-28-15-9-8-10-16-28/h8-12,15-16,24-26,29-31,33-34H,13-14,17-23H2,1-7H3/b12-11+/t29-,30-,31+/m0/s1. The van der Waals surface area contributed by atoms with E-state index in [1.807, 2.05) is 42.5 Å². The first-order chi connectivity index (χ1) is 18.0. The Balaban J connectivity index is 2.39. The topological polar surface area (TPSA) is 85.2 Å². The van der Waals surface area contributed by atoms with Crippen molar-refractivity contribution in [1.82, 2.24) is 0 Å². The molecule has 0 aliphatic heterocycles. The molecule has 2 N–H and O–H groups in total. The van der Waals surface area contributed by atoms with Crippen molar-refractivity contribution in [3.05, 3.63) is 48.0 Å². The van der Waals surface area contributed by atoms with Crippen LogP contribution in [0.1, 0.15) is 92.6 Å². The van der Waals surface area contributed by atoms with Crippen molar-refractivity contribution >= 4 is 14.3 Å². The molecule has 0 bridgehead atoms. The SMILES string of the molecule is CC(=O)O[C@H](C/C=C/C[C@H](O)CO[Si](C(C)C)(C(C)C)C(C)C)C[C@@H](O)CCCCOCc1ccccc1. The predicted octanol–water partition coefficient (Wildman–Crippen LogP) is 6.95. The van der Waals surface area contributed by atoms with Crippen LogP contribution in [-0.4, -0.2) is 56.0 Å². The summed E-state index contributed by atoms with van der Waals surface area (Å²) in [6.07, 6.45) is 6.09. The Kier molecular flexibility index (Phi) is 17.0. The minimum absolute atomic E-state index is 0.340. The van der Waals surface area contributed by atoms with Crippen LogP contribution in [0.15, 0.2) is 42.5 Å². The van der Waals surface area contributed by atoms with Gasteiger partial charge in [0.2, 0.25) is 0 Å². The highest BCUT2D eigenvalue weighted by Crippen LogP contribution is 2.42. The van der Waals surface area contributed by atoms with Crippen LogP contribution in [0, 0.1) is 0 Å². The Morgan fingerprint density at radius 1 is 0.895 bits per heavy atom. The van der Waals surface area contributed by atoms with Gasteiger partial charge in [0.05, 0.1) is 25.4 Å². The van der Waals surface area contributed by atoms with E-state index < -0.39 is 20.5 Å². The summed E-state index contributed by atoms with van der Waals surface area (Å²) in [6, 6.07) is 10.1. The molecule has 0 saturated heterocycles. The van der Waals surface area contributed by atoms with E-state index in [1.54, 1.807) is 0 Å². The lowest BCUT2D eigenvalue weighted by molar-refractivity contribution is -0.147. The molecule has 0 aromatic heterocycles. The van der Waals surface area contributed by atoms with Gasteiger partial charge in [0.15, 0.2) is 8.32 Å². The van der Waals surface area contributed by atoms with Crippen LogP contribution in [-0.2, 0) is 25.3 Å². The second kappa shape index (κ2) is 18.7. The first kappa shape index (κ1) is 34.5. The molecule has 0 unspecified atom stereocenters. The van der Waals surface area contributed by atoms with Crippen LogP contribution >= 0.6 is 0 Å². The van der Waals surface area contributed by atoms with Crippen molar-refractivity contribution in [2.75, 3.05) is 13.2 Å². The zero-order valence-corrected chi connectivity index (χ0v) is 25.9. The molecular weight excluding hydrogens is 496 g/mol. The normalized spacial score (nSPS) is 14.9. The average molecular weight is 551 g/mol. The number of hydrogen-bond acceptors (Lipinski definition) is 6. The van der Waals surface area contributed by atoms with Crippen LogP contribution in [0.5, 0.6) is 0 Å². The van der Waals surface area contributed by atoms with Gasteiger partial charge in [-0.2, -0.15) is 0 Å². The minimum Gasteiger partial charge on any atom is -0.462 e. The molecule has 0 aliphatic carbocycles. The van der Waals surface area contributed by atoms with E-state index in [4.69, 9.17) is 13.9 Å². The molecule has 38 heavy (non-hydrogen) atoms. The van der Waals surface area contributed by atoms with Crippen LogP contribution in [0.4, 0.5) is 0 Å². The fourth-order valence-electron chi connectivity index (χ4n) is 5.51. The van der Waals surface area contributed by atoms with Gasteiger partial charge in [0.25, 0.3) is 0 Å². The fourth-order valence-corrected chi connectivity index (χ4v) is 11.0. The molecule has 7 heteroatoms. The Labute approximate surface area is 232 Å². The summed E-state index contributed by atoms with van der Waals surface area (Å²) < 4.78 is 17.6. The summed E-state index contributed by atoms with van der Waals surface area (Å²) in [5, 5.41) is 21.0. The first-order valence-corrected chi connectivity index (χ1v) is 16.6. The number of aliphatic hydroxyl groups is 2. The molecule has 0 fully saturated rings. The second-order valence-corrected chi connectivity index (χ2v) is 16.8. The summed E-state index contributed by atoms with van der Waals surface area (Å²) in [5.74, 6) is -0.351. The van der Waals surface area contributed by atoms with Gasteiger partial charge in [-0.15, -0.1) is 0 Å². The summed E-state index contributed by atoms with van der Waals surface area (Å²) in [6.45, 7) is 16.4. The van der Waals surface area contributed by atoms with Crippen LogP contribution in [0.2, 0.25) is 16.6 Å². The molecule has 0 amide bonds. The number of carbonyl (C=O) groups is 1. The number of esters is 1. The number of rotatable bonds is 20. The quantitative estimate of drug-likeness (QED) is 0.0791. The molecule has 3 atom stereocenters. The summed E-state index contributed by atoms with van der Waals surface area (Å²) in [7, 11) is -2.00. The summed E-state index contributed by atoms with van der Waals surface area (Å²) in [5.41, 5.74) is 2.58. The first-order valence-electron chi connectivity index (χ1n) is 14.4. The Hall–Kier alpha value is -1.51. The average Bonchev–Trinajstić information content (AvgIpc) is 2.83. The molecule has 218 valence electrons. The van der Waals surface area contributed by atoms with E-state index in [-0.39, 0.29) is 12.1 Å². The largest absolute Gasteiger partial charge is 0.462 e. The van der Waals surface area contributed by atoms with Crippen LogP contribution in [0.25, 0.3) is 0 Å². The van der Waals surface area contributed by atoms with E-state index in [1.165, 1.54) is 6.92 Å². The Morgan fingerprint density at radius 3 is 2.08 bits per heavy atom. The van der Waals surface area contributed by atoms with E-state index in [0.717, 1.165) is 18.4 Å². The van der Waals surface area contributed by atoms with Crippen molar-refractivity contribution in [2.24, 2.45) is 0 Å². The van der Waals surface area contributed by atoms with Crippen molar-refractivity contribution in [3.63, 3.8) is 0 Å². The summed E-state index contributed by atoms with van der Waals surface area (Å²) >= 11 is 0. The smallest absolute Gasteiger partial charge is 0.302 e. The van der Waals surface area contributed by atoms with Gasteiger partial charge in [-0.1, -0.05) is 84.0 Å². The molecule has 0 spiro atoms. The van der Waals surface area contributed by atoms with Gasteiger partial charge in [-0.05, 0) is 47.9 Å². The molecule has 6 nitrogen and oxygen atoms in total. The van der Waals surface area contributed by atoms with E-state index >= 15 is 0 Å². The Morgan fingerprint density at radius 2 is 1.50 bits per heavy atom. The van der Waals surface area contributed by atoms with Crippen molar-refractivity contribution in [2.45, 2.75) is 129 Å². The maximum absolute atomic E-state index is 11.6. The minimum atomic E-state index is -2.00. The molecule has 0 radical (unpaired) electrons. The number of unbranched alkanes of at least 4 members (excludes halogenated alkanes) is 1. The van der Waals surface area contributed by atoms with Gasteiger partial charge < -0.3 is 24.1 Å². The lowest BCUT2D eigenvalue weighted by Crippen LogP contribution is -2.49. The molecular formula is C31H54O6Si. The Bertz CT molecular complexity index is 758. The number of benzene rings is 1. The summed E-state index contributed by atoms with van der Waals surface area (Å²) in [4.78, 5) is 11.6. The van der Waals surface area contributed by atoms with Gasteiger partial charge >= 0.3 is 5.97 Å². The maximum Gasteiger partial charge on any atom is 0.302 e. The number of hydrogen-bond donors (Lipinski definition) is 2. The van der Waals surface area contributed by atoms with Gasteiger partial charge in [0.1, 0.15) is 6.10 Å². The van der Waals surface area contributed by atoms with E-state index in [0.29, 0.717) is 62.1 Å². The van der Waals surface area contributed by atoms with Gasteiger partial charge in [0, 0.05) is 26.4 Å². The van der Waals surface area contributed by atoms with E-state index in [2.05, 4.69) is 41.5 Å². The lowest BCUT2D eigenvalue weighted by Gasteiger charge is -2.42. The second-order valence-electron chi connectivity index (χ2n) is 11.4. The highest BCUT2D eigenvalue weighted by Gasteiger charge is 2.45. The van der Waals surface area contributed by atoms with Gasteiger partial charge in [-0.3, -0.25) is 4.79 Å². The third kappa shape index (κ3) is 13.0. The highest BCUT2D eigenvalue weighted by atomic mass is 28.4. The number of carbonyl (C=O) groups excluding carboxylic acids is 1. The van der Waals surface area contributed by atoms with Crippen molar-refractivity contribution < 1.29 is 28.9 Å². The van der Waals surface area contributed by atoms with Crippen LogP contribution < -0.4 is 0 Å². The zero-order valence-electron chi connectivity index (χ0n) is 24.9. The van der Waals surface area contributed by atoms with Crippen molar-refractivity contribution in [1.29, 1.82) is 0 Å². The molecule has 1 aromatic rings. The van der Waals surface area contributed by atoms with Crippen molar-refractivity contribution in [3.8, 4) is 0 Å². The van der Waals surface area contributed by atoms with Gasteiger partial charge in [-0.25, -0.2) is 0 Å². The third-order valence-corrected chi connectivity index (χ3v) is 13.3. The lowest BCUT2D eigenvalue weighted by atomic mass is 10.0. The predicted molar refractivity (Wildman–Crippen MR) is 158 cm³/mol. The number of aliphatic hydroxyl groups excluding tert-OH is 2. The fraction of sp³-hybridized carbons (Fsp3) is 0.710. The molecule has 1 aromatic carbocycles.